The lowest BCUT2D eigenvalue weighted by atomic mass is 9.96. The fourth-order valence-corrected chi connectivity index (χ4v) is 1.96. The summed E-state index contributed by atoms with van der Waals surface area (Å²) in [4.78, 5) is 11.4. The quantitative estimate of drug-likeness (QED) is 0.484. The molecule has 0 aromatic carbocycles. The predicted molar refractivity (Wildman–Crippen MR) is 73.4 cm³/mol. The summed E-state index contributed by atoms with van der Waals surface area (Å²) in [6, 6.07) is 0. The Kier molecular flexibility index (Phi) is 9.02. The van der Waals surface area contributed by atoms with Crippen LogP contribution in [0.3, 0.4) is 0 Å². The maximum atomic E-state index is 11.4. The van der Waals surface area contributed by atoms with Crippen LogP contribution in [0.5, 0.6) is 0 Å². The number of carbonyl (C=O) groups excluding carboxylic acids is 1. The molecular weight excluding hydrogens is 230 g/mol. The molecule has 2 atom stereocenters. The minimum absolute atomic E-state index is 0.0229. The van der Waals surface area contributed by atoms with E-state index in [2.05, 4.69) is 11.7 Å². The van der Waals surface area contributed by atoms with Gasteiger partial charge >= 0.3 is 5.97 Å². The first-order valence-electron chi connectivity index (χ1n) is 6.93. The smallest absolute Gasteiger partial charge is 0.325 e. The number of unbranched alkanes of at least 4 members (excludes halogenated alkanes) is 4. The van der Waals surface area contributed by atoms with Crippen LogP contribution in [0.15, 0.2) is 0 Å². The van der Waals surface area contributed by atoms with Gasteiger partial charge in [-0.3, -0.25) is 4.79 Å². The molecule has 108 valence electrons. The number of hydrogen-bond acceptors (Lipinski definition) is 4. The molecule has 0 bridgehead atoms. The van der Waals surface area contributed by atoms with E-state index in [-0.39, 0.29) is 12.1 Å². The first-order valence-corrected chi connectivity index (χ1v) is 6.93. The highest BCUT2D eigenvalue weighted by molar-refractivity contribution is 5.79. The van der Waals surface area contributed by atoms with Crippen LogP contribution < -0.4 is 5.73 Å². The minimum atomic E-state index is -0.962. The zero-order valence-electron chi connectivity index (χ0n) is 12.3. The van der Waals surface area contributed by atoms with Gasteiger partial charge in [0.25, 0.3) is 0 Å². The van der Waals surface area contributed by atoms with Crippen molar-refractivity contribution in [2.45, 2.75) is 70.9 Å². The van der Waals surface area contributed by atoms with Gasteiger partial charge in [-0.2, -0.15) is 0 Å². The lowest BCUT2D eigenvalue weighted by Gasteiger charge is -2.25. The highest BCUT2D eigenvalue weighted by atomic mass is 16.5. The summed E-state index contributed by atoms with van der Waals surface area (Å²) < 4.78 is 10.3. The monoisotopic (exact) mass is 259 g/mol. The van der Waals surface area contributed by atoms with Crippen molar-refractivity contribution in [3.05, 3.63) is 0 Å². The van der Waals surface area contributed by atoms with Crippen LogP contribution in [0, 0.1) is 0 Å². The van der Waals surface area contributed by atoms with Crippen molar-refractivity contribution < 1.29 is 14.3 Å². The van der Waals surface area contributed by atoms with E-state index in [9.17, 15) is 4.79 Å². The van der Waals surface area contributed by atoms with Gasteiger partial charge in [0.2, 0.25) is 0 Å². The number of rotatable bonds is 10. The number of carbonyl (C=O) groups is 1. The fourth-order valence-electron chi connectivity index (χ4n) is 1.96. The van der Waals surface area contributed by atoms with Crippen LogP contribution in [0.25, 0.3) is 0 Å². The molecule has 2 unspecified atom stereocenters. The van der Waals surface area contributed by atoms with Gasteiger partial charge in [0.05, 0.1) is 13.2 Å². The van der Waals surface area contributed by atoms with Gasteiger partial charge in [-0.15, -0.1) is 0 Å². The molecule has 0 amide bonds. The molecule has 0 aliphatic rings. The van der Waals surface area contributed by atoms with Crippen molar-refractivity contribution in [2.24, 2.45) is 5.73 Å². The van der Waals surface area contributed by atoms with Gasteiger partial charge < -0.3 is 15.2 Å². The molecule has 0 rings (SSSR count). The normalized spacial score (nSPS) is 16.1. The van der Waals surface area contributed by atoms with Crippen molar-refractivity contribution in [3.8, 4) is 0 Å². The third kappa shape index (κ3) is 7.67. The average Bonchev–Trinajstić information content (AvgIpc) is 2.31. The zero-order valence-corrected chi connectivity index (χ0v) is 12.3. The molecular formula is C14H29NO3. The Labute approximate surface area is 111 Å². The predicted octanol–water partition coefficient (Wildman–Crippen LogP) is 2.64. The topological polar surface area (TPSA) is 61.5 Å². The van der Waals surface area contributed by atoms with Gasteiger partial charge in [0.1, 0.15) is 5.54 Å². The summed E-state index contributed by atoms with van der Waals surface area (Å²) in [5.41, 5.74) is 4.93. The first kappa shape index (κ1) is 17.4. The lowest BCUT2D eigenvalue weighted by molar-refractivity contribution is -0.147. The molecule has 18 heavy (non-hydrogen) atoms. The SMILES string of the molecule is CCCCCCCOC(C)CC(C)(N)C(=O)OC. The van der Waals surface area contributed by atoms with Crippen molar-refractivity contribution >= 4 is 5.97 Å². The average molecular weight is 259 g/mol. The van der Waals surface area contributed by atoms with E-state index in [0.29, 0.717) is 6.42 Å². The number of esters is 1. The van der Waals surface area contributed by atoms with Gasteiger partial charge in [0.15, 0.2) is 0 Å². The molecule has 0 spiro atoms. The van der Waals surface area contributed by atoms with E-state index in [0.717, 1.165) is 13.0 Å². The van der Waals surface area contributed by atoms with E-state index in [1.807, 2.05) is 6.92 Å². The highest BCUT2D eigenvalue weighted by Gasteiger charge is 2.31. The van der Waals surface area contributed by atoms with Crippen molar-refractivity contribution in [3.63, 3.8) is 0 Å². The van der Waals surface area contributed by atoms with Crippen LogP contribution in [-0.2, 0) is 14.3 Å². The molecule has 0 radical (unpaired) electrons. The Hall–Kier alpha value is -0.610. The van der Waals surface area contributed by atoms with E-state index in [1.165, 1.54) is 32.8 Å². The molecule has 4 heteroatoms. The molecule has 2 N–H and O–H groups in total. The van der Waals surface area contributed by atoms with Gasteiger partial charge in [0, 0.05) is 13.0 Å². The summed E-state index contributed by atoms with van der Waals surface area (Å²) in [6.45, 7) is 6.57. The Balaban J connectivity index is 3.70. The molecule has 0 aromatic heterocycles. The maximum Gasteiger partial charge on any atom is 0.325 e. The summed E-state index contributed by atoms with van der Waals surface area (Å²) >= 11 is 0. The van der Waals surface area contributed by atoms with Crippen LogP contribution in [-0.4, -0.2) is 31.3 Å². The van der Waals surface area contributed by atoms with Crippen LogP contribution >= 0.6 is 0 Å². The molecule has 4 nitrogen and oxygen atoms in total. The maximum absolute atomic E-state index is 11.4. The van der Waals surface area contributed by atoms with Crippen LogP contribution in [0.2, 0.25) is 0 Å². The summed E-state index contributed by atoms with van der Waals surface area (Å²) in [7, 11) is 1.35. The third-order valence-corrected chi connectivity index (χ3v) is 3.01. The molecule has 0 aliphatic heterocycles. The molecule has 0 heterocycles. The third-order valence-electron chi connectivity index (χ3n) is 3.01. The van der Waals surface area contributed by atoms with E-state index < -0.39 is 5.54 Å². The van der Waals surface area contributed by atoms with E-state index >= 15 is 0 Å². The zero-order chi connectivity index (χ0) is 14.0. The molecule has 0 fully saturated rings. The van der Waals surface area contributed by atoms with Crippen LogP contribution in [0.1, 0.15) is 59.3 Å². The number of nitrogens with two attached hydrogens (primary N) is 1. The number of methoxy groups -OCH3 is 1. The summed E-state index contributed by atoms with van der Waals surface area (Å²) in [6.07, 6.45) is 6.55. The van der Waals surface area contributed by atoms with Crippen molar-refractivity contribution in [1.82, 2.24) is 0 Å². The Bertz CT molecular complexity index is 229. The fraction of sp³-hybridized carbons (Fsp3) is 0.929. The second-order valence-corrected chi connectivity index (χ2v) is 5.21. The number of ether oxygens (including phenoxy) is 2. The minimum Gasteiger partial charge on any atom is -0.468 e. The second-order valence-electron chi connectivity index (χ2n) is 5.21. The number of hydrogen-bond donors (Lipinski definition) is 1. The van der Waals surface area contributed by atoms with Gasteiger partial charge in [-0.25, -0.2) is 0 Å². The Morgan fingerprint density at radius 1 is 1.28 bits per heavy atom. The van der Waals surface area contributed by atoms with Gasteiger partial charge in [-0.05, 0) is 20.3 Å². The van der Waals surface area contributed by atoms with E-state index in [1.54, 1.807) is 6.92 Å². The Morgan fingerprint density at radius 2 is 1.89 bits per heavy atom. The van der Waals surface area contributed by atoms with Crippen molar-refractivity contribution in [2.75, 3.05) is 13.7 Å². The highest BCUT2D eigenvalue weighted by Crippen LogP contribution is 2.14. The molecule has 0 aliphatic carbocycles. The summed E-state index contributed by atoms with van der Waals surface area (Å²) in [5, 5.41) is 0. The van der Waals surface area contributed by atoms with Crippen molar-refractivity contribution in [1.29, 1.82) is 0 Å². The molecule has 0 saturated heterocycles. The lowest BCUT2D eigenvalue weighted by Crippen LogP contribution is -2.48. The van der Waals surface area contributed by atoms with Gasteiger partial charge in [-0.1, -0.05) is 32.6 Å². The largest absolute Gasteiger partial charge is 0.468 e. The summed E-state index contributed by atoms with van der Waals surface area (Å²) in [5.74, 6) is -0.388. The molecule has 0 saturated carbocycles. The standard InChI is InChI=1S/C14H29NO3/c1-5-6-7-8-9-10-18-12(2)11-14(3,15)13(16)17-4/h12H,5-11,15H2,1-4H3. The first-order chi connectivity index (χ1) is 8.44. The second kappa shape index (κ2) is 9.34. The van der Waals surface area contributed by atoms with Crippen LogP contribution in [0.4, 0.5) is 0 Å². The van der Waals surface area contributed by atoms with E-state index in [4.69, 9.17) is 10.5 Å². The molecule has 0 aromatic rings. The Morgan fingerprint density at radius 3 is 2.44 bits per heavy atom.